The fourth-order valence-electron chi connectivity index (χ4n) is 3.82. The molecule has 3 unspecified atom stereocenters. The minimum Gasteiger partial charge on any atom is -0.497 e. The van der Waals surface area contributed by atoms with Gasteiger partial charge in [-0.2, -0.15) is 0 Å². The molecule has 28 heavy (non-hydrogen) atoms. The normalized spacial score (nSPS) is 17.7. The number of benzene rings is 2. The lowest BCUT2D eigenvalue weighted by Gasteiger charge is -2.29. The van der Waals surface area contributed by atoms with Gasteiger partial charge in [0.05, 0.1) is 19.1 Å². The highest BCUT2D eigenvalue weighted by Crippen LogP contribution is 2.27. The Bertz CT molecular complexity index is 742. The first-order valence-electron chi connectivity index (χ1n) is 10.1. The second-order valence-corrected chi connectivity index (χ2v) is 7.50. The van der Waals surface area contributed by atoms with Crippen molar-refractivity contribution in [2.45, 2.75) is 31.8 Å². The molecule has 3 atom stereocenters. The number of hydrogen-bond acceptors (Lipinski definition) is 4. The average Bonchev–Trinajstić information content (AvgIpc) is 3.28. The van der Waals surface area contributed by atoms with Gasteiger partial charge in [0.15, 0.2) is 0 Å². The summed E-state index contributed by atoms with van der Waals surface area (Å²) in [6.45, 7) is 4.60. The maximum atomic E-state index is 12.8. The van der Waals surface area contributed by atoms with Crippen molar-refractivity contribution in [1.29, 1.82) is 0 Å². The number of amides is 1. The predicted molar refractivity (Wildman–Crippen MR) is 112 cm³/mol. The van der Waals surface area contributed by atoms with E-state index in [1.807, 2.05) is 49.4 Å². The molecule has 5 nitrogen and oxygen atoms in total. The van der Waals surface area contributed by atoms with Crippen LogP contribution in [0.25, 0.3) is 0 Å². The Balaban J connectivity index is 1.66. The molecule has 1 saturated heterocycles. The number of methoxy groups -OCH3 is 1. The van der Waals surface area contributed by atoms with Crippen LogP contribution in [-0.2, 0) is 4.79 Å². The van der Waals surface area contributed by atoms with E-state index in [2.05, 4.69) is 22.3 Å². The number of nitrogens with one attached hydrogen (secondary N) is 1. The Morgan fingerprint density at radius 1 is 1.07 bits per heavy atom. The molecule has 0 spiro atoms. The van der Waals surface area contributed by atoms with Crippen molar-refractivity contribution < 1.29 is 9.53 Å². The third-order valence-corrected chi connectivity index (χ3v) is 5.69. The first-order chi connectivity index (χ1) is 13.6. The summed E-state index contributed by atoms with van der Waals surface area (Å²) in [5.74, 6) is 0.543. The third kappa shape index (κ3) is 4.91. The van der Waals surface area contributed by atoms with E-state index < -0.39 is 0 Å². The maximum Gasteiger partial charge on any atom is 0.224 e. The largest absolute Gasteiger partial charge is 0.497 e. The van der Waals surface area contributed by atoms with E-state index in [9.17, 15) is 4.79 Å². The average molecular weight is 382 g/mol. The van der Waals surface area contributed by atoms with Crippen LogP contribution in [0.5, 0.6) is 5.75 Å². The summed E-state index contributed by atoms with van der Waals surface area (Å²) in [5.41, 5.74) is 8.51. The quantitative estimate of drug-likeness (QED) is 0.736. The fraction of sp³-hybridized carbons (Fsp3) is 0.435. The summed E-state index contributed by atoms with van der Waals surface area (Å²) in [7, 11) is 1.67. The van der Waals surface area contributed by atoms with E-state index in [1.165, 1.54) is 18.4 Å². The van der Waals surface area contributed by atoms with Crippen molar-refractivity contribution in [3.63, 3.8) is 0 Å². The van der Waals surface area contributed by atoms with Gasteiger partial charge in [0, 0.05) is 12.6 Å². The van der Waals surface area contributed by atoms with Crippen molar-refractivity contribution in [1.82, 2.24) is 10.2 Å². The Morgan fingerprint density at radius 3 is 2.32 bits per heavy atom. The lowest BCUT2D eigenvalue weighted by atomic mass is 9.94. The Morgan fingerprint density at radius 2 is 1.71 bits per heavy atom. The summed E-state index contributed by atoms with van der Waals surface area (Å²) >= 11 is 0. The van der Waals surface area contributed by atoms with Gasteiger partial charge in [-0.3, -0.25) is 9.69 Å². The predicted octanol–water partition coefficient (Wildman–Crippen LogP) is 3.28. The maximum absolute atomic E-state index is 12.8. The topological polar surface area (TPSA) is 67.6 Å². The molecule has 3 rings (SSSR count). The molecular weight excluding hydrogens is 350 g/mol. The minimum absolute atomic E-state index is 0.00550. The molecule has 0 aromatic heterocycles. The highest BCUT2D eigenvalue weighted by atomic mass is 16.5. The zero-order chi connectivity index (χ0) is 19.9. The number of nitrogens with zero attached hydrogens (tertiary/aromatic N) is 1. The molecule has 0 saturated carbocycles. The monoisotopic (exact) mass is 381 g/mol. The molecule has 0 radical (unpaired) electrons. The Kier molecular flexibility index (Phi) is 7.06. The molecule has 2 aromatic rings. The first kappa shape index (κ1) is 20.4. The van der Waals surface area contributed by atoms with Crippen molar-refractivity contribution in [3.05, 3.63) is 65.7 Å². The molecule has 2 aromatic carbocycles. The highest BCUT2D eigenvalue weighted by molar-refractivity contribution is 5.79. The van der Waals surface area contributed by atoms with Crippen LogP contribution in [0.2, 0.25) is 0 Å². The first-order valence-corrected chi connectivity index (χ1v) is 10.1. The SMILES string of the molecule is COc1ccc(C(CNC(=O)C(C)C(N)c2ccccc2)N2CCCC2)cc1. The van der Waals surface area contributed by atoms with Crippen LogP contribution in [0.15, 0.2) is 54.6 Å². The number of ether oxygens (including phenoxy) is 1. The zero-order valence-corrected chi connectivity index (χ0v) is 16.8. The van der Waals surface area contributed by atoms with Gasteiger partial charge in [-0.1, -0.05) is 49.4 Å². The van der Waals surface area contributed by atoms with Gasteiger partial charge < -0.3 is 15.8 Å². The smallest absolute Gasteiger partial charge is 0.224 e. The summed E-state index contributed by atoms with van der Waals surface area (Å²) in [6.07, 6.45) is 2.41. The molecule has 1 heterocycles. The number of likely N-dealkylation sites (tertiary alicyclic amines) is 1. The van der Waals surface area contributed by atoms with E-state index in [0.29, 0.717) is 6.54 Å². The van der Waals surface area contributed by atoms with Crippen LogP contribution in [0.4, 0.5) is 0 Å². The molecule has 1 amide bonds. The number of carbonyl (C=O) groups excluding carboxylic acids is 1. The summed E-state index contributed by atoms with van der Waals surface area (Å²) in [6, 6.07) is 17.8. The lowest BCUT2D eigenvalue weighted by molar-refractivity contribution is -0.125. The second kappa shape index (κ2) is 9.71. The van der Waals surface area contributed by atoms with E-state index in [1.54, 1.807) is 7.11 Å². The Labute approximate surface area is 167 Å². The summed E-state index contributed by atoms with van der Waals surface area (Å²) < 4.78 is 5.28. The van der Waals surface area contributed by atoms with Crippen LogP contribution in [0.1, 0.15) is 43.0 Å². The molecule has 1 aliphatic heterocycles. The second-order valence-electron chi connectivity index (χ2n) is 7.50. The zero-order valence-electron chi connectivity index (χ0n) is 16.8. The molecule has 3 N–H and O–H groups in total. The third-order valence-electron chi connectivity index (χ3n) is 5.69. The molecule has 1 aliphatic rings. The van der Waals surface area contributed by atoms with Gasteiger partial charge in [-0.15, -0.1) is 0 Å². The van der Waals surface area contributed by atoms with Gasteiger partial charge in [-0.05, 0) is 49.2 Å². The van der Waals surface area contributed by atoms with Crippen LogP contribution >= 0.6 is 0 Å². The summed E-state index contributed by atoms with van der Waals surface area (Å²) in [4.78, 5) is 15.2. The van der Waals surface area contributed by atoms with E-state index in [0.717, 1.165) is 24.4 Å². The van der Waals surface area contributed by atoms with Crippen LogP contribution in [-0.4, -0.2) is 37.6 Å². The minimum atomic E-state index is -0.313. The molecule has 0 bridgehead atoms. The van der Waals surface area contributed by atoms with Gasteiger partial charge in [-0.25, -0.2) is 0 Å². The molecular formula is C23H31N3O2. The Hall–Kier alpha value is -2.37. The van der Waals surface area contributed by atoms with Crippen molar-refractivity contribution >= 4 is 5.91 Å². The number of carbonyl (C=O) groups is 1. The van der Waals surface area contributed by atoms with Gasteiger partial charge in [0.2, 0.25) is 5.91 Å². The standard InChI is InChI=1S/C23H31N3O2/c1-17(22(24)19-8-4-3-5-9-19)23(27)25-16-21(26-14-6-7-15-26)18-10-12-20(28-2)13-11-18/h3-5,8-13,17,21-22H,6-7,14-16,24H2,1-2H3,(H,25,27). The van der Waals surface area contributed by atoms with Crippen LogP contribution in [0.3, 0.4) is 0 Å². The lowest BCUT2D eigenvalue weighted by Crippen LogP contribution is -2.41. The van der Waals surface area contributed by atoms with Gasteiger partial charge in [0.1, 0.15) is 5.75 Å². The molecule has 1 fully saturated rings. The number of nitrogens with two attached hydrogens (primary N) is 1. The van der Waals surface area contributed by atoms with Crippen LogP contribution < -0.4 is 15.8 Å². The number of hydrogen-bond donors (Lipinski definition) is 2. The van der Waals surface area contributed by atoms with E-state index in [4.69, 9.17) is 10.5 Å². The van der Waals surface area contributed by atoms with Crippen molar-refractivity contribution in [3.8, 4) is 5.75 Å². The van der Waals surface area contributed by atoms with Gasteiger partial charge in [0.25, 0.3) is 0 Å². The molecule has 0 aliphatic carbocycles. The fourth-order valence-corrected chi connectivity index (χ4v) is 3.82. The molecule has 5 heteroatoms. The van der Waals surface area contributed by atoms with Crippen molar-refractivity contribution in [2.24, 2.45) is 11.7 Å². The van der Waals surface area contributed by atoms with E-state index in [-0.39, 0.29) is 23.9 Å². The van der Waals surface area contributed by atoms with Crippen LogP contribution in [0, 0.1) is 5.92 Å². The van der Waals surface area contributed by atoms with Gasteiger partial charge >= 0.3 is 0 Å². The highest BCUT2D eigenvalue weighted by Gasteiger charge is 2.26. The van der Waals surface area contributed by atoms with Crippen molar-refractivity contribution in [2.75, 3.05) is 26.7 Å². The van der Waals surface area contributed by atoms with E-state index >= 15 is 0 Å². The summed E-state index contributed by atoms with van der Waals surface area (Å²) in [5, 5.41) is 3.15. The molecule has 150 valence electrons. The number of rotatable bonds is 8.